The monoisotopic (exact) mass is 350 g/mol. The van der Waals surface area contributed by atoms with Crippen LogP contribution in [0.2, 0.25) is 0 Å². The molecule has 2 aliphatic rings. The minimum atomic E-state index is 0.138. The average molecular weight is 351 g/mol. The topological polar surface area (TPSA) is 35.5 Å². The van der Waals surface area contributed by atoms with E-state index in [1.165, 1.54) is 5.57 Å². The molecule has 3 nitrogen and oxygen atoms in total. The highest BCUT2D eigenvalue weighted by molar-refractivity contribution is 5.49. The van der Waals surface area contributed by atoms with E-state index in [1.54, 1.807) is 0 Å². The third-order valence-corrected chi connectivity index (χ3v) is 6.34. The zero-order valence-electron chi connectivity index (χ0n) is 17.1. The number of carbonyl (C=O) groups is 1. The fraction of sp³-hybridized carbons (Fsp3) is 0.864. The normalized spacial score (nSPS) is 35.8. The van der Waals surface area contributed by atoms with Crippen molar-refractivity contribution < 1.29 is 14.3 Å². The van der Waals surface area contributed by atoms with Crippen LogP contribution >= 0.6 is 0 Å². The van der Waals surface area contributed by atoms with Crippen LogP contribution in [0.25, 0.3) is 0 Å². The van der Waals surface area contributed by atoms with Crippen LogP contribution in [0.1, 0.15) is 80.1 Å². The van der Waals surface area contributed by atoms with Crippen molar-refractivity contribution >= 4 is 6.29 Å². The van der Waals surface area contributed by atoms with Crippen molar-refractivity contribution in [3.05, 3.63) is 12.2 Å². The molecule has 0 aliphatic carbocycles. The smallest absolute Gasteiger partial charge is 0.120 e. The zero-order chi connectivity index (χ0) is 18.8. The Morgan fingerprint density at radius 2 is 1.84 bits per heavy atom. The molecule has 0 N–H and O–H groups in total. The van der Waals surface area contributed by atoms with Crippen LogP contribution in [-0.4, -0.2) is 30.7 Å². The van der Waals surface area contributed by atoms with Crippen LogP contribution in [0.5, 0.6) is 0 Å². The van der Waals surface area contributed by atoms with Gasteiger partial charge in [-0.05, 0) is 54.4 Å². The van der Waals surface area contributed by atoms with E-state index in [0.717, 1.165) is 38.4 Å². The maximum absolute atomic E-state index is 10.6. The fourth-order valence-corrected chi connectivity index (χ4v) is 4.72. The predicted molar refractivity (Wildman–Crippen MR) is 103 cm³/mol. The average Bonchev–Trinajstić information content (AvgIpc) is 2.85. The van der Waals surface area contributed by atoms with Crippen molar-refractivity contribution in [3.8, 4) is 0 Å². The summed E-state index contributed by atoms with van der Waals surface area (Å²) in [4.78, 5) is 10.6. The Bertz CT molecular complexity index is 474. The summed E-state index contributed by atoms with van der Waals surface area (Å²) in [6, 6.07) is 0. The van der Waals surface area contributed by atoms with Crippen molar-refractivity contribution in [2.45, 2.75) is 104 Å². The van der Waals surface area contributed by atoms with E-state index in [4.69, 9.17) is 9.47 Å². The SMILES string of the molecule is C=C1CC(CCC=O)OC1CC[C@H]1CC(C)C(C)(C)C(C(C)(C)C)O1. The van der Waals surface area contributed by atoms with Gasteiger partial charge in [0, 0.05) is 6.42 Å². The van der Waals surface area contributed by atoms with E-state index in [1.807, 2.05) is 0 Å². The number of hydrogen-bond acceptors (Lipinski definition) is 3. The maximum Gasteiger partial charge on any atom is 0.120 e. The molecule has 0 amide bonds. The first kappa shape index (κ1) is 20.6. The molecular formula is C22H38O3. The van der Waals surface area contributed by atoms with Crippen LogP contribution in [0, 0.1) is 16.7 Å². The molecule has 3 heteroatoms. The van der Waals surface area contributed by atoms with Gasteiger partial charge < -0.3 is 14.3 Å². The molecule has 0 saturated carbocycles. The van der Waals surface area contributed by atoms with E-state index >= 15 is 0 Å². The molecule has 5 atom stereocenters. The first-order valence-electron chi connectivity index (χ1n) is 9.98. The largest absolute Gasteiger partial charge is 0.374 e. The molecule has 4 unspecified atom stereocenters. The first-order valence-corrected chi connectivity index (χ1v) is 9.98. The van der Waals surface area contributed by atoms with Gasteiger partial charge in [0.2, 0.25) is 0 Å². The van der Waals surface area contributed by atoms with E-state index in [-0.39, 0.29) is 29.1 Å². The summed E-state index contributed by atoms with van der Waals surface area (Å²) in [5, 5.41) is 0. The fourth-order valence-electron chi connectivity index (χ4n) is 4.72. The van der Waals surface area contributed by atoms with E-state index in [9.17, 15) is 4.79 Å². The summed E-state index contributed by atoms with van der Waals surface area (Å²) in [5.41, 5.74) is 1.53. The van der Waals surface area contributed by atoms with Gasteiger partial charge in [0.25, 0.3) is 0 Å². The minimum absolute atomic E-state index is 0.138. The van der Waals surface area contributed by atoms with Crippen LogP contribution in [0.15, 0.2) is 12.2 Å². The molecule has 144 valence electrons. The lowest BCUT2D eigenvalue weighted by atomic mass is 9.63. The summed E-state index contributed by atoms with van der Waals surface area (Å²) in [6.45, 7) is 18.1. The van der Waals surface area contributed by atoms with Gasteiger partial charge in [-0.25, -0.2) is 0 Å². The molecule has 0 aromatic heterocycles. The molecule has 2 fully saturated rings. The zero-order valence-corrected chi connectivity index (χ0v) is 17.1. The number of aldehydes is 1. The second kappa shape index (κ2) is 7.92. The molecular weight excluding hydrogens is 312 g/mol. The van der Waals surface area contributed by atoms with E-state index < -0.39 is 0 Å². The highest BCUT2D eigenvalue weighted by Gasteiger charge is 2.47. The number of rotatable bonds is 6. The van der Waals surface area contributed by atoms with Gasteiger partial charge in [-0.2, -0.15) is 0 Å². The van der Waals surface area contributed by atoms with Gasteiger partial charge in [0.1, 0.15) is 6.29 Å². The van der Waals surface area contributed by atoms with Crippen molar-refractivity contribution in [3.63, 3.8) is 0 Å². The van der Waals surface area contributed by atoms with Crippen LogP contribution in [0.3, 0.4) is 0 Å². The minimum Gasteiger partial charge on any atom is -0.374 e. The Balaban J connectivity index is 1.91. The van der Waals surface area contributed by atoms with Gasteiger partial charge in [0.05, 0.1) is 24.4 Å². The first-order chi connectivity index (χ1) is 11.6. The van der Waals surface area contributed by atoms with E-state index in [2.05, 4.69) is 48.1 Å². The molecule has 2 rings (SSSR count). The number of carbonyl (C=O) groups excluding carboxylic acids is 1. The third kappa shape index (κ3) is 4.95. The second-order valence-electron chi connectivity index (χ2n) is 9.89. The van der Waals surface area contributed by atoms with Gasteiger partial charge in [-0.3, -0.25) is 0 Å². The molecule has 25 heavy (non-hydrogen) atoms. The summed E-state index contributed by atoms with van der Waals surface area (Å²) in [7, 11) is 0. The van der Waals surface area contributed by atoms with Crippen molar-refractivity contribution in [1.82, 2.24) is 0 Å². The lowest BCUT2D eigenvalue weighted by Crippen LogP contribution is -2.52. The molecule has 2 heterocycles. The summed E-state index contributed by atoms with van der Waals surface area (Å²) in [6.07, 6.45) is 7.28. The van der Waals surface area contributed by atoms with Crippen LogP contribution < -0.4 is 0 Å². The number of hydrogen-bond donors (Lipinski definition) is 0. The highest BCUT2D eigenvalue weighted by atomic mass is 16.5. The Kier molecular flexibility index (Phi) is 6.54. The standard InChI is InChI=1S/C22H38O3/c1-15-13-17(9-8-12-23)24-19(15)11-10-18-14-16(2)22(6,7)20(25-18)21(3,4)5/h12,16-20H,1,8-11,13-14H2,2-7H3/t16?,17?,18-,19?,20?/m0/s1. The Morgan fingerprint density at radius 1 is 1.16 bits per heavy atom. The Hall–Kier alpha value is -0.670. The van der Waals surface area contributed by atoms with Crippen molar-refractivity contribution in [2.75, 3.05) is 0 Å². The number of ether oxygens (including phenoxy) is 2. The van der Waals surface area contributed by atoms with E-state index in [0.29, 0.717) is 18.4 Å². The molecule has 0 bridgehead atoms. The molecule has 2 aliphatic heterocycles. The Morgan fingerprint density at radius 3 is 2.44 bits per heavy atom. The molecule has 2 saturated heterocycles. The second-order valence-corrected chi connectivity index (χ2v) is 9.89. The lowest BCUT2D eigenvalue weighted by Gasteiger charge is -2.52. The third-order valence-electron chi connectivity index (χ3n) is 6.34. The van der Waals surface area contributed by atoms with Crippen LogP contribution in [0.4, 0.5) is 0 Å². The van der Waals surface area contributed by atoms with Gasteiger partial charge in [0.15, 0.2) is 0 Å². The summed E-state index contributed by atoms with van der Waals surface area (Å²) >= 11 is 0. The maximum atomic E-state index is 10.6. The predicted octanol–water partition coefficient (Wildman–Crippen LogP) is 5.33. The van der Waals surface area contributed by atoms with Gasteiger partial charge >= 0.3 is 0 Å². The quantitative estimate of drug-likeness (QED) is 0.480. The van der Waals surface area contributed by atoms with Crippen molar-refractivity contribution in [1.29, 1.82) is 0 Å². The molecule has 0 aromatic rings. The molecule has 0 spiro atoms. The highest BCUT2D eigenvalue weighted by Crippen LogP contribution is 2.48. The van der Waals surface area contributed by atoms with Crippen LogP contribution in [-0.2, 0) is 14.3 Å². The summed E-state index contributed by atoms with van der Waals surface area (Å²) < 4.78 is 12.7. The molecule has 0 aromatic carbocycles. The van der Waals surface area contributed by atoms with Gasteiger partial charge in [-0.1, -0.05) is 48.1 Å². The Labute approximate surface area is 154 Å². The van der Waals surface area contributed by atoms with Gasteiger partial charge in [-0.15, -0.1) is 0 Å². The van der Waals surface area contributed by atoms with Crippen molar-refractivity contribution in [2.24, 2.45) is 16.7 Å². The molecule has 0 radical (unpaired) electrons. The lowest BCUT2D eigenvalue weighted by molar-refractivity contribution is -0.186. The summed E-state index contributed by atoms with van der Waals surface area (Å²) in [5.74, 6) is 0.642.